The third-order valence-electron chi connectivity index (χ3n) is 2.82. The summed E-state index contributed by atoms with van der Waals surface area (Å²) < 4.78 is 4.98. The number of likely N-dealkylation sites (N-methyl/N-ethyl adjacent to an activating group) is 1. The Labute approximate surface area is 114 Å². The molecule has 5 heteroatoms. The predicted octanol–water partition coefficient (Wildman–Crippen LogP) is 0.733. The summed E-state index contributed by atoms with van der Waals surface area (Å²) in [5.74, 6) is -0.0186. The Morgan fingerprint density at radius 3 is 2.58 bits per heavy atom. The zero-order valence-corrected chi connectivity index (χ0v) is 11.8. The molecule has 0 bridgehead atoms. The normalized spacial score (nSPS) is 12.0. The predicted molar refractivity (Wildman–Crippen MR) is 77.1 cm³/mol. The van der Waals surface area contributed by atoms with E-state index in [1.165, 1.54) is 0 Å². The Balaban J connectivity index is 2.48. The van der Waals surface area contributed by atoms with Crippen LogP contribution in [-0.4, -0.2) is 39.3 Å². The van der Waals surface area contributed by atoms with Gasteiger partial charge in [-0.25, -0.2) is 0 Å². The zero-order chi connectivity index (χ0) is 14.3. The molecule has 0 radical (unpaired) electrons. The number of nitrogens with one attached hydrogen (secondary N) is 1. The van der Waals surface area contributed by atoms with Crippen molar-refractivity contribution in [3.05, 3.63) is 29.8 Å². The summed E-state index contributed by atoms with van der Waals surface area (Å²) in [6, 6.07) is 7.89. The molecular formula is C14H23N3O2. The Bertz CT molecular complexity index is 392. The van der Waals surface area contributed by atoms with Gasteiger partial charge in [0.05, 0.1) is 13.2 Å². The van der Waals surface area contributed by atoms with Crippen molar-refractivity contribution in [2.75, 3.05) is 32.2 Å². The third-order valence-corrected chi connectivity index (χ3v) is 2.82. The van der Waals surface area contributed by atoms with Crippen LogP contribution in [0.25, 0.3) is 0 Å². The molecule has 0 spiro atoms. The topological polar surface area (TPSA) is 67.6 Å². The van der Waals surface area contributed by atoms with Gasteiger partial charge in [0.25, 0.3) is 0 Å². The molecule has 0 saturated heterocycles. The first kappa shape index (κ1) is 15.5. The van der Waals surface area contributed by atoms with Crippen LogP contribution in [0, 0.1) is 0 Å². The maximum atomic E-state index is 11.8. The van der Waals surface area contributed by atoms with E-state index in [0.29, 0.717) is 19.7 Å². The molecule has 0 fully saturated rings. The zero-order valence-electron chi connectivity index (χ0n) is 11.8. The van der Waals surface area contributed by atoms with Crippen LogP contribution in [0.2, 0.25) is 0 Å². The van der Waals surface area contributed by atoms with Crippen molar-refractivity contribution < 1.29 is 9.53 Å². The van der Waals surface area contributed by atoms with Crippen LogP contribution in [0.4, 0.5) is 5.69 Å². The Hall–Kier alpha value is -1.59. The standard InChI is InChI=1S/C14H23N3O2/c1-11(10-19-3)16-14(18)9-17(2)13-6-4-12(8-15)5-7-13/h4-7,11H,8-10,15H2,1-3H3,(H,16,18). The first-order chi connectivity index (χ1) is 9.06. The summed E-state index contributed by atoms with van der Waals surface area (Å²) in [6.07, 6.45) is 0. The van der Waals surface area contributed by atoms with E-state index in [-0.39, 0.29) is 11.9 Å². The van der Waals surface area contributed by atoms with E-state index in [2.05, 4.69) is 5.32 Å². The third kappa shape index (κ3) is 5.28. The molecular weight excluding hydrogens is 242 g/mol. The summed E-state index contributed by atoms with van der Waals surface area (Å²) in [6.45, 7) is 3.27. The van der Waals surface area contributed by atoms with Crippen LogP contribution >= 0.6 is 0 Å². The lowest BCUT2D eigenvalue weighted by Gasteiger charge is -2.20. The summed E-state index contributed by atoms with van der Waals surface area (Å²) in [4.78, 5) is 13.7. The van der Waals surface area contributed by atoms with E-state index in [1.54, 1.807) is 7.11 Å². The molecule has 0 saturated carbocycles. The molecule has 19 heavy (non-hydrogen) atoms. The van der Waals surface area contributed by atoms with E-state index >= 15 is 0 Å². The summed E-state index contributed by atoms with van der Waals surface area (Å²) >= 11 is 0. The minimum absolute atomic E-state index is 0.0186. The number of carbonyl (C=O) groups is 1. The minimum Gasteiger partial charge on any atom is -0.383 e. The highest BCUT2D eigenvalue weighted by Gasteiger charge is 2.10. The number of anilines is 1. The van der Waals surface area contributed by atoms with E-state index < -0.39 is 0 Å². The van der Waals surface area contributed by atoms with Crippen LogP contribution in [0.3, 0.4) is 0 Å². The molecule has 5 nitrogen and oxygen atoms in total. The summed E-state index contributed by atoms with van der Waals surface area (Å²) in [7, 11) is 3.51. The molecule has 0 aliphatic rings. The van der Waals surface area contributed by atoms with Gasteiger partial charge in [0.1, 0.15) is 0 Å². The molecule has 1 aromatic rings. The van der Waals surface area contributed by atoms with Crippen molar-refractivity contribution >= 4 is 11.6 Å². The fraction of sp³-hybridized carbons (Fsp3) is 0.500. The number of methoxy groups -OCH3 is 1. The largest absolute Gasteiger partial charge is 0.383 e. The van der Waals surface area contributed by atoms with Gasteiger partial charge in [0.2, 0.25) is 5.91 Å². The lowest BCUT2D eigenvalue weighted by Crippen LogP contribution is -2.41. The van der Waals surface area contributed by atoms with E-state index in [9.17, 15) is 4.79 Å². The van der Waals surface area contributed by atoms with Crippen LogP contribution < -0.4 is 16.0 Å². The second-order valence-corrected chi connectivity index (χ2v) is 4.65. The molecule has 1 rings (SSSR count). The van der Waals surface area contributed by atoms with Crippen LogP contribution in [0.15, 0.2) is 24.3 Å². The summed E-state index contributed by atoms with van der Waals surface area (Å²) in [5.41, 5.74) is 7.62. The highest BCUT2D eigenvalue weighted by molar-refractivity contribution is 5.81. The Morgan fingerprint density at radius 1 is 1.42 bits per heavy atom. The molecule has 0 aliphatic heterocycles. The van der Waals surface area contributed by atoms with Gasteiger partial charge < -0.3 is 20.7 Å². The van der Waals surface area contributed by atoms with Crippen molar-refractivity contribution in [3.8, 4) is 0 Å². The molecule has 0 aromatic heterocycles. The Kier molecular flexibility index (Phi) is 6.32. The molecule has 106 valence electrons. The van der Waals surface area contributed by atoms with Gasteiger partial charge in [0.15, 0.2) is 0 Å². The molecule has 1 aromatic carbocycles. The minimum atomic E-state index is -0.0186. The van der Waals surface area contributed by atoms with Gasteiger partial charge in [-0.15, -0.1) is 0 Å². The molecule has 1 atom stereocenters. The molecule has 0 heterocycles. The lowest BCUT2D eigenvalue weighted by molar-refractivity contribution is -0.120. The first-order valence-electron chi connectivity index (χ1n) is 6.35. The van der Waals surface area contributed by atoms with Crippen molar-refractivity contribution in [2.24, 2.45) is 5.73 Å². The molecule has 0 aliphatic carbocycles. The van der Waals surface area contributed by atoms with E-state index in [4.69, 9.17) is 10.5 Å². The number of benzene rings is 1. The molecule has 1 unspecified atom stereocenters. The maximum absolute atomic E-state index is 11.8. The van der Waals surface area contributed by atoms with Crippen molar-refractivity contribution in [1.29, 1.82) is 0 Å². The summed E-state index contributed by atoms with van der Waals surface area (Å²) in [5, 5.41) is 2.88. The maximum Gasteiger partial charge on any atom is 0.239 e. The van der Waals surface area contributed by atoms with Crippen LogP contribution in [0.5, 0.6) is 0 Å². The fourth-order valence-electron chi connectivity index (χ4n) is 1.81. The van der Waals surface area contributed by atoms with Gasteiger partial charge >= 0.3 is 0 Å². The number of rotatable bonds is 7. The number of amides is 1. The number of hydrogen-bond acceptors (Lipinski definition) is 4. The number of carbonyl (C=O) groups excluding carboxylic acids is 1. The van der Waals surface area contributed by atoms with Gasteiger partial charge in [-0.05, 0) is 24.6 Å². The SMILES string of the molecule is COCC(C)NC(=O)CN(C)c1ccc(CN)cc1. The second-order valence-electron chi connectivity index (χ2n) is 4.65. The van der Waals surface area contributed by atoms with Gasteiger partial charge in [-0.1, -0.05) is 12.1 Å². The van der Waals surface area contributed by atoms with Gasteiger partial charge in [0, 0.05) is 32.4 Å². The second kappa shape index (κ2) is 7.76. The lowest BCUT2D eigenvalue weighted by atomic mass is 10.2. The Morgan fingerprint density at radius 2 is 2.05 bits per heavy atom. The average molecular weight is 265 g/mol. The average Bonchev–Trinajstić information content (AvgIpc) is 2.38. The van der Waals surface area contributed by atoms with E-state index in [1.807, 2.05) is 43.1 Å². The molecule has 1 amide bonds. The number of ether oxygens (including phenoxy) is 1. The smallest absolute Gasteiger partial charge is 0.239 e. The van der Waals surface area contributed by atoms with Crippen LogP contribution in [-0.2, 0) is 16.1 Å². The van der Waals surface area contributed by atoms with Crippen molar-refractivity contribution in [3.63, 3.8) is 0 Å². The van der Waals surface area contributed by atoms with Crippen LogP contribution in [0.1, 0.15) is 12.5 Å². The van der Waals surface area contributed by atoms with Crippen molar-refractivity contribution in [1.82, 2.24) is 5.32 Å². The van der Waals surface area contributed by atoms with Crippen molar-refractivity contribution in [2.45, 2.75) is 19.5 Å². The number of nitrogens with zero attached hydrogens (tertiary/aromatic N) is 1. The number of nitrogens with two attached hydrogens (primary N) is 1. The van der Waals surface area contributed by atoms with Gasteiger partial charge in [-0.2, -0.15) is 0 Å². The highest BCUT2D eigenvalue weighted by atomic mass is 16.5. The highest BCUT2D eigenvalue weighted by Crippen LogP contribution is 2.13. The first-order valence-corrected chi connectivity index (χ1v) is 6.35. The quantitative estimate of drug-likeness (QED) is 0.763. The number of hydrogen-bond donors (Lipinski definition) is 2. The monoisotopic (exact) mass is 265 g/mol. The van der Waals surface area contributed by atoms with E-state index in [0.717, 1.165) is 11.3 Å². The fourth-order valence-corrected chi connectivity index (χ4v) is 1.81. The van der Waals surface area contributed by atoms with Gasteiger partial charge in [-0.3, -0.25) is 4.79 Å². The molecule has 3 N–H and O–H groups in total.